The quantitative estimate of drug-likeness (QED) is 0.369. The van der Waals surface area contributed by atoms with Crippen LogP contribution >= 0.6 is 11.8 Å². The van der Waals surface area contributed by atoms with Gasteiger partial charge in [-0.2, -0.15) is 5.10 Å². The Balaban J connectivity index is 1.55. The summed E-state index contributed by atoms with van der Waals surface area (Å²) in [6.07, 6.45) is 0.127. The standard InChI is InChI=1S/C30H37N5O4S/c1-19-11-9-10-14-22(19)16-31-28(38)26-30(3,4)40-18-35(26)29(39)25(36)24(15-21-12-7-6-8-13-21)33-27(37)23-17-32-34(5)20(23)2/h6-14,17,24-26,36H,15-16,18H2,1-5H3,(H,31,38)(H,33,37)/t24-,25-,26+/m0/s1. The van der Waals surface area contributed by atoms with E-state index in [0.717, 1.165) is 16.7 Å². The van der Waals surface area contributed by atoms with Crippen molar-refractivity contribution in [1.82, 2.24) is 25.3 Å². The average molecular weight is 564 g/mol. The highest BCUT2D eigenvalue weighted by atomic mass is 32.2. The molecule has 3 aromatic rings. The Labute approximate surface area is 239 Å². The fourth-order valence-electron chi connectivity index (χ4n) is 4.92. The monoisotopic (exact) mass is 563 g/mol. The first-order valence-electron chi connectivity index (χ1n) is 13.3. The summed E-state index contributed by atoms with van der Waals surface area (Å²) < 4.78 is 1.02. The molecule has 3 atom stereocenters. The third-order valence-corrected chi connectivity index (χ3v) is 8.90. The minimum atomic E-state index is -1.57. The van der Waals surface area contributed by atoms with Gasteiger partial charge in [-0.05, 0) is 50.8 Å². The number of nitrogens with one attached hydrogen (secondary N) is 2. The number of aromatic nitrogens is 2. The van der Waals surface area contributed by atoms with E-state index in [1.165, 1.54) is 22.9 Å². The second kappa shape index (κ2) is 12.3. The van der Waals surface area contributed by atoms with Gasteiger partial charge in [0.2, 0.25) is 5.91 Å². The van der Waals surface area contributed by atoms with Gasteiger partial charge in [0.1, 0.15) is 6.04 Å². The molecule has 0 aliphatic carbocycles. The predicted octanol–water partition coefficient (Wildman–Crippen LogP) is 2.74. The van der Waals surface area contributed by atoms with Crippen LogP contribution < -0.4 is 10.6 Å². The van der Waals surface area contributed by atoms with Gasteiger partial charge in [0.25, 0.3) is 11.8 Å². The van der Waals surface area contributed by atoms with Crippen LogP contribution in [0.15, 0.2) is 60.8 Å². The van der Waals surface area contributed by atoms with Gasteiger partial charge in [-0.1, -0.05) is 54.6 Å². The number of benzene rings is 2. The third-order valence-electron chi connectivity index (χ3n) is 7.52. The Morgan fingerprint density at radius 1 is 1.10 bits per heavy atom. The van der Waals surface area contributed by atoms with E-state index in [9.17, 15) is 19.5 Å². The van der Waals surface area contributed by atoms with Crippen LogP contribution in [0, 0.1) is 13.8 Å². The molecule has 3 N–H and O–H groups in total. The lowest BCUT2D eigenvalue weighted by Gasteiger charge is -2.33. The number of carbonyl (C=O) groups excluding carboxylic acids is 3. The van der Waals surface area contributed by atoms with Crippen molar-refractivity contribution in [3.05, 3.63) is 88.7 Å². The van der Waals surface area contributed by atoms with Crippen LogP contribution in [0.1, 0.15) is 46.6 Å². The Morgan fingerprint density at radius 2 is 1.77 bits per heavy atom. The summed E-state index contributed by atoms with van der Waals surface area (Å²) in [5.41, 5.74) is 3.95. The number of aryl methyl sites for hydroxylation is 2. The summed E-state index contributed by atoms with van der Waals surface area (Å²) in [7, 11) is 1.74. The molecular formula is C30H37N5O4S. The minimum absolute atomic E-state index is 0.229. The molecule has 1 fully saturated rings. The van der Waals surface area contributed by atoms with Crippen molar-refractivity contribution < 1.29 is 19.5 Å². The molecule has 2 aromatic carbocycles. The molecule has 1 saturated heterocycles. The van der Waals surface area contributed by atoms with E-state index in [4.69, 9.17) is 0 Å². The van der Waals surface area contributed by atoms with E-state index in [2.05, 4.69) is 15.7 Å². The molecule has 212 valence electrons. The van der Waals surface area contributed by atoms with E-state index < -0.39 is 34.7 Å². The number of aliphatic hydroxyl groups excluding tert-OH is 1. The lowest BCUT2D eigenvalue weighted by atomic mass is 9.97. The van der Waals surface area contributed by atoms with Gasteiger partial charge in [0.05, 0.1) is 23.7 Å². The molecule has 9 nitrogen and oxygen atoms in total. The van der Waals surface area contributed by atoms with Crippen LogP contribution in [0.3, 0.4) is 0 Å². The predicted molar refractivity (Wildman–Crippen MR) is 156 cm³/mol. The summed E-state index contributed by atoms with van der Waals surface area (Å²) in [5, 5.41) is 21.4. The second-order valence-corrected chi connectivity index (χ2v) is 12.3. The highest BCUT2D eigenvalue weighted by Gasteiger charge is 2.49. The first kappa shape index (κ1) is 29.4. The number of thioether (sulfide) groups is 1. The molecule has 3 amide bonds. The molecule has 10 heteroatoms. The van der Waals surface area contributed by atoms with Crippen molar-refractivity contribution in [2.24, 2.45) is 7.05 Å². The second-order valence-electron chi connectivity index (χ2n) is 10.7. The molecule has 0 bridgehead atoms. The Kier molecular flexibility index (Phi) is 9.00. The van der Waals surface area contributed by atoms with E-state index in [-0.39, 0.29) is 18.2 Å². The molecule has 0 radical (unpaired) electrons. The van der Waals surface area contributed by atoms with E-state index in [1.54, 1.807) is 18.7 Å². The van der Waals surface area contributed by atoms with Crippen molar-refractivity contribution in [2.45, 2.75) is 63.6 Å². The summed E-state index contributed by atoms with van der Waals surface area (Å²) in [6.45, 7) is 7.94. The smallest absolute Gasteiger partial charge is 0.255 e. The molecule has 0 saturated carbocycles. The number of amides is 3. The topological polar surface area (TPSA) is 117 Å². The molecule has 4 rings (SSSR count). The number of hydrogen-bond acceptors (Lipinski definition) is 6. The van der Waals surface area contributed by atoms with Crippen LogP contribution in [0.2, 0.25) is 0 Å². The minimum Gasteiger partial charge on any atom is -0.381 e. The Bertz CT molecular complexity index is 1370. The maximum atomic E-state index is 13.8. The molecular weight excluding hydrogens is 526 g/mol. The number of rotatable bonds is 9. The van der Waals surface area contributed by atoms with Gasteiger partial charge in [-0.15, -0.1) is 11.8 Å². The van der Waals surface area contributed by atoms with E-state index in [0.29, 0.717) is 17.8 Å². The summed E-state index contributed by atoms with van der Waals surface area (Å²) >= 11 is 1.48. The average Bonchev–Trinajstić information content (AvgIpc) is 3.44. The van der Waals surface area contributed by atoms with Crippen molar-refractivity contribution in [3.63, 3.8) is 0 Å². The lowest BCUT2D eigenvalue weighted by Crippen LogP contribution is -2.58. The van der Waals surface area contributed by atoms with Gasteiger partial charge in [0.15, 0.2) is 6.10 Å². The fraction of sp³-hybridized carbons (Fsp3) is 0.400. The maximum absolute atomic E-state index is 13.8. The van der Waals surface area contributed by atoms with Gasteiger partial charge < -0.3 is 20.6 Å². The highest BCUT2D eigenvalue weighted by Crippen LogP contribution is 2.40. The molecule has 0 spiro atoms. The first-order chi connectivity index (χ1) is 19.0. The largest absolute Gasteiger partial charge is 0.381 e. The van der Waals surface area contributed by atoms with Crippen LogP contribution in [0.25, 0.3) is 0 Å². The van der Waals surface area contributed by atoms with Crippen molar-refractivity contribution >= 4 is 29.5 Å². The fourth-order valence-corrected chi connectivity index (χ4v) is 6.06. The number of nitrogens with zero attached hydrogens (tertiary/aromatic N) is 3. The maximum Gasteiger partial charge on any atom is 0.255 e. The van der Waals surface area contributed by atoms with Crippen molar-refractivity contribution in [2.75, 3.05) is 5.88 Å². The van der Waals surface area contributed by atoms with E-state index >= 15 is 0 Å². The number of carbonyl (C=O) groups is 3. The van der Waals surface area contributed by atoms with Gasteiger partial charge in [0, 0.05) is 24.0 Å². The van der Waals surface area contributed by atoms with Crippen LogP contribution in [0.4, 0.5) is 0 Å². The van der Waals surface area contributed by atoms with Crippen LogP contribution in [-0.2, 0) is 29.6 Å². The highest BCUT2D eigenvalue weighted by molar-refractivity contribution is 8.00. The van der Waals surface area contributed by atoms with Gasteiger partial charge in [-0.25, -0.2) is 0 Å². The molecule has 2 heterocycles. The normalized spacial score (nSPS) is 17.8. The Morgan fingerprint density at radius 3 is 2.42 bits per heavy atom. The van der Waals surface area contributed by atoms with Crippen LogP contribution in [0.5, 0.6) is 0 Å². The molecule has 0 unspecified atom stereocenters. The summed E-state index contributed by atoms with van der Waals surface area (Å²) in [6, 6.07) is 15.4. The lowest BCUT2D eigenvalue weighted by molar-refractivity contribution is -0.147. The zero-order valence-electron chi connectivity index (χ0n) is 23.5. The number of aliphatic hydroxyl groups is 1. The van der Waals surface area contributed by atoms with Crippen LogP contribution in [-0.4, -0.2) is 66.3 Å². The first-order valence-corrected chi connectivity index (χ1v) is 14.3. The van der Waals surface area contributed by atoms with Gasteiger partial charge in [-0.3, -0.25) is 19.1 Å². The molecule has 1 aliphatic rings. The molecule has 1 aliphatic heterocycles. The van der Waals surface area contributed by atoms with Crippen molar-refractivity contribution in [3.8, 4) is 0 Å². The Hall–Kier alpha value is -3.63. The van der Waals surface area contributed by atoms with Crippen molar-refractivity contribution in [1.29, 1.82) is 0 Å². The van der Waals surface area contributed by atoms with E-state index in [1.807, 2.05) is 75.4 Å². The van der Waals surface area contributed by atoms with Gasteiger partial charge >= 0.3 is 0 Å². The number of hydrogen-bond donors (Lipinski definition) is 3. The SMILES string of the molecule is Cc1ccccc1CNC(=O)[C@H]1N(C(=O)[C@@H](O)[C@H](Cc2ccccc2)NC(=O)c2cnn(C)c2C)CSC1(C)C. The zero-order valence-corrected chi connectivity index (χ0v) is 24.4. The molecule has 1 aromatic heterocycles. The summed E-state index contributed by atoms with van der Waals surface area (Å²) in [4.78, 5) is 41.9. The zero-order chi connectivity index (χ0) is 29.0. The molecule has 40 heavy (non-hydrogen) atoms. The summed E-state index contributed by atoms with van der Waals surface area (Å²) in [5.74, 6) is -1.06. The third kappa shape index (κ3) is 6.39.